The van der Waals surface area contributed by atoms with E-state index in [-0.39, 0.29) is 5.91 Å². The fourth-order valence-corrected chi connectivity index (χ4v) is 3.00. The van der Waals surface area contributed by atoms with E-state index in [2.05, 4.69) is 10.6 Å². The number of primary amides is 1. The van der Waals surface area contributed by atoms with Crippen molar-refractivity contribution in [1.29, 1.82) is 0 Å². The molecule has 2 rings (SSSR count). The van der Waals surface area contributed by atoms with Crippen LogP contribution in [0.25, 0.3) is 0 Å². The topological polar surface area (TPSA) is 67.2 Å². The SMILES string of the molecule is NC(=O)C1(C2CCNCC2)CCCCN1. The van der Waals surface area contributed by atoms with Gasteiger partial charge in [-0.1, -0.05) is 0 Å². The predicted octanol–water partition coefficient (Wildman–Crippen LogP) is -0.0164. The van der Waals surface area contributed by atoms with E-state index in [1.54, 1.807) is 0 Å². The van der Waals surface area contributed by atoms with Crippen LogP contribution in [0.4, 0.5) is 0 Å². The van der Waals surface area contributed by atoms with E-state index < -0.39 is 5.54 Å². The van der Waals surface area contributed by atoms with Crippen molar-refractivity contribution in [3.05, 3.63) is 0 Å². The third-order valence-corrected chi connectivity index (χ3v) is 3.91. The van der Waals surface area contributed by atoms with Crippen molar-refractivity contribution < 1.29 is 4.79 Å². The van der Waals surface area contributed by atoms with E-state index in [1.165, 1.54) is 6.42 Å². The van der Waals surface area contributed by atoms with Crippen molar-refractivity contribution in [3.63, 3.8) is 0 Å². The van der Waals surface area contributed by atoms with Gasteiger partial charge in [-0.3, -0.25) is 4.79 Å². The van der Waals surface area contributed by atoms with Crippen molar-refractivity contribution in [2.45, 2.75) is 37.6 Å². The Morgan fingerprint density at radius 3 is 2.47 bits per heavy atom. The van der Waals surface area contributed by atoms with Crippen LogP contribution < -0.4 is 16.4 Å². The largest absolute Gasteiger partial charge is 0.368 e. The molecule has 1 unspecified atom stereocenters. The summed E-state index contributed by atoms with van der Waals surface area (Å²) < 4.78 is 0. The zero-order valence-electron chi connectivity index (χ0n) is 9.22. The van der Waals surface area contributed by atoms with Crippen LogP contribution in [-0.4, -0.2) is 31.1 Å². The molecule has 2 saturated heterocycles. The van der Waals surface area contributed by atoms with E-state index in [1.807, 2.05) is 0 Å². The lowest BCUT2D eigenvalue weighted by molar-refractivity contribution is -0.128. The fraction of sp³-hybridized carbons (Fsp3) is 0.909. The summed E-state index contributed by atoms with van der Waals surface area (Å²) in [4.78, 5) is 11.7. The molecule has 0 aromatic rings. The average Bonchev–Trinajstić information content (AvgIpc) is 2.31. The summed E-state index contributed by atoms with van der Waals surface area (Å²) in [5.74, 6) is 0.283. The lowest BCUT2D eigenvalue weighted by atomic mass is 9.73. The smallest absolute Gasteiger partial charge is 0.238 e. The van der Waals surface area contributed by atoms with Gasteiger partial charge in [-0.25, -0.2) is 0 Å². The quantitative estimate of drug-likeness (QED) is 0.601. The van der Waals surface area contributed by atoms with Gasteiger partial charge in [0.1, 0.15) is 5.54 Å². The number of hydrogen-bond donors (Lipinski definition) is 3. The molecule has 1 amide bonds. The molecule has 2 heterocycles. The van der Waals surface area contributed by atoms with Crippen molar-refractivity contribution in [2.75, 3.05) is 19.6 Å². The Hall–Kier alpha value is -0.610. The van der Waals surface area contributed by atoms with Gasteiger partial charge in [0.05, 0.1) is 0 Å². The number of carbonyl (C=O) groups is 1. The lowest BCUT2D eigenvalue weighted by Gasteiger charge is -2.43. The van der Waals surface area contributed by atoms with Gasteiger partial charge in [0.15, 0.2) is 0 Å². The van der Waals surface area contributed by atoms with E-state index in [4.69, 9.17) is 5.73 Å². The normalized spacial score (nSPS) is 33.9. The highest BCUT2D eigenvalue weighted by Gasteiger charge is 2.44. The van der Waals surface area contributed by atoms with Crippen LogP contribution in [0.3, 0.4) is 0 Å². The molecule has 4 N–H and O–H groups in total. The molecule has 0 aromatic heterocycles. The zero-order valence-corrected chi connectivity index (χ0v) is 9.22. The number of piperidine rings is 2. The van der Waals surface area contributed by atoms with Crippen molar-refractivity contribution in [2.24, 2.45) is 11.7 Å². The number of amides is 1. The van der Waals surface area contributed by atoms with Gasteiger partial charge < -0.3 is 16.4 Å². The molecule has 0 radical (unpaired) electrons. The number of nitrogens with two attached hydrogens (primary N) is 1. The van der Waals surface area contributed by atoms with Gasteiger partial charge in [-0.2, -0.15) is 0 Å². The maximum Gasteiger partial charge on any atom is 0.238 e. The Bertz CT molecular complexity index is 230. The van der Waals surface area contributed by atoms with Gasteiger partial charge in [0.25, 0.3) is 0 Å². The first-order valence-corrected chi connectivity index (χ1v) is 6.01. The maximum absolute atomic E-state index is 11.7. The Balaban J connectivity index is 2.12. The summed E-state index contributed by atoms with van der Waals surface area (Å²) in [5, 5.41) is 6.73. The van der Waals surface area contributed by atoms with Crippen LogP contribution in [0, 0.1) is 5.92 Å². The summed E-state index contributed by atoms with van der Waals surface area (Å²) in [5.41, 5.74) is 5.21. The van der Waals surface area contributed by atoms with Gasteiger partial charge in [0, 0.05) is 0 Å². The first-order valence-electron chi connectivity index (χ1n) is 6.01. The molecule has 2 aliphatic heterocycles. The molecule has 0 saturated carbocycles. The second-order valence-corrected chi connectivity index (χ2v) is 4.74. The minimum Gasteiger partial charge on any atom is -0.368 e. The first kappa shape index (κ1) is 10.9. The molecule has 0 spiro atoms. The van der Waals surface area contributed by atoms with Crippen LogP contribution in [0.5, 0.6) is 0 Å². The summed E-state index contributed by atoms with van der Waals surface area (Å²) >= 11 is 0. The Labute approximate surface area is 91.0 Å². The highest BCUT2D eigenvalue weighted by atomic mass is 16.1. The van der Waals surface area contributed by atoms with E-state index in [0.29, 0.717) is 5.92 Å². The number of nitrogens with one attached hydrogen (secondary N) is 2. The summed E-state index contributed by atoms with van der Waals surface area (Å²) in [6, 6.07) is 0. The van der Waals surface area contributed by atoms with E-state index in [0.717, 1.165) is 45.3 Å². The summed E-state index contributed by atoms with van der Waals surface area (Å²) in [6.07, 6.45) is 5.35. The van der Waals surface area contributed by atoms with Gasteiger partial charge in [0.2, 0.25) is 5.91 Å². The van der Waals surface area contributed by atoms with Crippen molar-refractivity contribution in [3.8, 4) is 0 Å². The molecule has 4 heteroatoms. The highest BCUT2D eigenvalue weighted by Crippen LogP contribution is 2.32. The molecule has 15 heavy (non-hydrogen) atoms. The molecular weight excluding hydrogens is 190 g/mol. The number of carbonyl (C=O) groups excluding carboxylic acids is 1. The average molecular weight is 211 g/mol. The third-order valence-electron chi connectivity index (χ3n) is 3.91. The van der Waals surface area contributed by atoms with E-state index >= 15 is 0 Å². The van der Waals surface area contributed by atoms with Gasteiger partial charge in [-0.05, 0) is 57.7 Å². The molecule has 86 valence electrons. The monoisotopic (exact) mass is 211 g/mol. The summed E-state index contributed by atoms with van der Waals surface area (Å²) in [7, 11) is 0. The molecule has 2 aliphatic rings. The summed E-state index contributed by atoms with van der Waals surface area (Å²) in [6.45, 7) is 2.97. The minimum absolute atomic E-state index is 0.144. The van der Waals surface area contributed by atoms with Gasteiger partial charge >= 0.3 is 0 Å². The second-order valence-electron chi connectivity index (χ2n) is 4.74. The minimum atomic E-state index is -0.402. The van der Waals surface area contributed by atoms with Crippen LogP contribution in [-0.2, 0) is 4.79 Å². The van der Waals surface area contributed by atoms with Crippen LogP contribution in [0.1, 0.15) is 32.1 Å². The molecule has 0 aliphatic carbocycles. The van der Waals surface area contributed by atoms with Crippen molar-refractivity contribution >= 4 is 5.91 Å². The Morgan fingerprint density at radius 2 is 1.93 bits per heavy atom. The first-order chi connectivity index (χ1) is 7.26. The lowest BCUT2D eigenvalue weighted by Crippen LogP contribution is -2.63. The van der Waals surface area contributed by atoms with Gasteiger partial charge in [-0.15, -0.1) is 0 Å². The molecule has 2 fully saturated rings. The zero-order chi connectivity index (χ0) is 10.7. The van der Waals surface area contributed by atoms with E-state index in [9.17, 15) is 4.79 Å². The second kappa shape index (κ2) is 4.49. The highest BCUT2D eigenvalue weighted by molar-refractivity contribution is 5.85. The predicted molar refractivity (Wildman–Crippen MR) is 59.4 cm³/mol. The molecular formula is C11H21N3O. The van der Waals surface area contributed by atoms with Crippen LogP contribution >= 0.6 is 0 Å². The standard InChI is InChI=1S/C11H21N3O/c12-10(15)11(5-1-2-6-14-11)9-3-7-13-8-4-9/h9,13-14H,1-8H2,(H2,12,15). The number of rotatable bonds is 2. The Kier molecular flexibility index (Phi) is 3.26. The maximum atomic E-state index is 11.7. The molecule has 1 atom stereocenters. The fourth-order valence-electron chi connectivity index (χ4n) is 3.00. The molecule has 0 aromatic carbocycles. The van der Waals surface area contributed by atoms with Crippen LogP contribution in [0.2, 0.25) is 0 Å². The number of hydrogen-bond acceptors (Lipinski definition) is 3. The Morgan fingerprint density at radius 1 is 1.20 bits per heavy atom. The van der Waals surface area contributed by atoms with Crippen molar-refractivity contribution in [1.82, 2.24) is 10.6 Å². The molecule has 0 bridgehead atoms. The van der Waals surface area contributed by atoms with Crippen LogP contribution in [0.15, 0.2) is 0 Å². The third kappa shape index (κ3) is 2.01. The molecule has 4 nitrogen and oxygen atoms in total.